The minimum absolute atomic E-state index is 0.0356. The lowest BCUT2D eigenvalue weighted by Gasteiger charge is -2.29. The third kappa shape index (κ3) is 5.01. The number of nitrogens with zero attached hydrogens (tertiary/aromatic N) is 3. The summed E-state index contributed by atoms with van der Waals surface area (Å²) in [7, 11) is 0. The zero-order valence-corrected chi connectivity index (χ0v) is 17.9. The number of halogens is 1. The zero-order chi connectivity index (χ0) is 21.6. The van der Waals surface area contributed by atoms with Crippen molar-refractivity contribution in [2.24, 2.45) is 0 Å². The van der Waals surface area contributed by atoms with Gasteiger partial charge >= 0.3 is 0 Å². The largest absolute Gasteiger partial charge is 0.339 e. The number of hydrogen-bond acceptors (Lipinski definition) is 4. The Hall–Kier alpha value is -3.44. The average molecular weight is 432 g/mol. The van der Waals surface area contributed by atoms with Crippen molar-refractivity contribution in [2.75, 3.05) is 6.54 Å². The minimum Gasteiger partial charge on any atom is -0.339 e. The van der Waals surface area contributed by atoms with E-state index in [1.165, 1.54) is 0 Å². The van der Waals surface area contributed by atoms with Crippen molar-refractivity contribution in [3.63, 3.8) is 0 Å². The SMILES string of the molecule is CC(c1ccccc1)N(CCc1nc(-c2cccc(Cl)c2)no1)C(=O)c1ccccc1. The Morgan fingerprint density at radius 3 is 2.42 bits per heavy atom. The molecule has 4 rings (SSSR count). The lowest BCUT2D eigenvalue weighted by atomic mass is 10.1. The number of amides is 1. The third-order valence-electron chi connectivity index (χ3n) is 5.15. The van der Waals surface area contributed by atoms with Crippen LogP contribution in [0.1, 0.15) is 34.8 Å². The Labute approximate surface area is 186 Å². The molecule has 156 valence electrons. The van der Waals surface area contributed by atoms with Crippen molar-refractivity contribution in [2.45, 2.75) is 19.4 Å². The molecule has 1 amide bonds. The highest BCUT2D eigenvalue weighted by molar-refractivity contribution is 6.30. The van der Waals surface area contributed by atoms with E-state index in [2.05, 4.69) is 10.1 Å². The lowest BCUT2D eigenvalue weighted by molar-refractivity contribution is 0.0689. The molecule has 1 aromatic heterocycles. The highest BCUT2D eigenvalue weighted by Crippen LogP contribution is 2.24. The summed E-state index contributed by atoms with van der Waals surface area (Å²) in [5.74, 6) is 0.919. The number of aromatic nitrogens is 2. The van der Waals surface area contributed by atoms with Gasteiger partial charge in [-0.3, -0.25) is 4.79 Å². The van der Waals surface area contributed by atoms with Gasteiger partial charge in [-0.1, -0.05) is 77.4 Å². The van der Waals surface area contributed by atoms with Crippen LogP contribution in [0.15, 0.2) is 89.5 Å². The smallest absolute Gasteiger partial charge is 0.254 e. The van der Waals surface area contributed by atoms with Gasteiger partial charge in [-0.15, -0.1) is 0 Å². The van der Waals surface area contributed by atoms with Crippen LogP contribution in [-0.4, -0.2) is 27.5 Å². The Morgan fingerprint density at radius 2 is 1.71 bits per heavy atom. The average Bonchev–Trinajstić information content (AvgIpc) is 3.29. The van der Waals surface area contributed by atoms with E-state index < -0.39 is 0 Å². The van der Waals surface area contributed by atoms with Gasteiger partial charge in [0.15, 0.2) is 0 Å². The molecule has 0 fully saturated rings. The molecule has 0 saturated carbocycles. The van der Waals surface area contributed by atoms with Crippen LogP contribution in [0.25, 0.3) is 11.4 Å². The zero-order valence-electron chi connectivity index (χ0n) is 17.1. The van der Waals surface area contributed by atoms with Gasteiger partial charge < -0.3 is 9.42 Å². The second-order valence-electron chi connectivity index (χ2n) is 7.22. The molecular formula is C25H22ClN3O2. The first-order chi connectivity index (χ1) is 15.1. The van der Waals surface area contributed by atoms with E-state index in [0.29, 0.717) is 35.3 Å². The summed E-state index contributed by atoms with van der Waals surface area (Å²) >= 11 is 6.06. The topological polar surface area (TPSA) is 59.2 Å². The molecule has 0 spiro atoms. The normalized spacial score (nSPS) is 11.8. The highest BCUT2D eigenvalue weighted by Gasteiger charge is 2.23. The maximum absolute atomic E-state index is 13.3. The van der Waals surface area contributed by atoms with E-state index >= 15 is 0 Å². The molecule has 6 heteroatoms. The fourth-order valence-corrected chi connectivity index (χ4v) is 3.64. The van der Waals surface area contributed by atoms with E-state index in [-0.39, 0.29) is 11.9 Å². The van der Waals surface area contributed by atoms with Gasteiger partial charge in [0.1, 0.15) is 0 Å². The molecule has 0 aliphatic heterocycles. The van der Waals surface area contributed by atoms with Crippen molar-refractivity contribution in [3.8, 4) is 11.4 Å². The first kappa shape index (κ1) is 20.8. The van der Waals surface area contributed by atoms with E-state index in [1.807, 2.05) is 84.6 Å². The molecule has 0 aliphatic rings. The van der Waals surface area contributed by atoms with Crippen molar-refractivity contribution < 1.29 is 9.32 Å². The molecular weight excluding hydrogens is 410 g/mol. The molecule has 0 bridgehead atoms. The van der Waals surface area contributed by atoms with Crippen LogP contribution >= 0.6 is 11.6 Å². The standard InChI is InChI=1S/C25H22ClN3O2/c1-18(19-9-4-2-5-10-19)29(25(30)20-11-6-3-7-12-20)16-15-23-27-24(28-31-23)21-13-8-14-22(26)17-21/h2-14,17-18H,15-16H2,1H3. The first-order valence-electron chi connectivity index (χ1n) is 10.1. The summed E-state index contributed by atoms with van der Waals surface area (Å²) in [6, 6.07) is 26.5. The Kier molecular flexibility index (Phi) is 6.43. The molecule has 0 radical (unpaired) electrons. The quantitative estimate of drug-likeness (QED) is 0.369. The number of benzene rings is 3. The third-order valence-corrected chi connectivity index (χ3v) is 5.38. The predicted octanol–water partition coefficient (Wildman–Crippen LogP) is 5.84. The Bertz CT molecular complexity index is 1150. The maximum atomic E-state index is 13.3. The van der Waals surface area contributed by atoms with Gasteiger partial charge in [-0.05, 0) is 36.8 Å². The minimum atomic E-state index is -0.107. The van der Waals surface area contributed by atoms with Crippen LogP contribution in [0, 0.1) is 0 Å². The van der Waals surface area contributed by atoms with Gasteiger partial charge in [0.05, 0.1) is 6.04 Å². The van der Waals surface area contributed by atoms with Gasteiger partial charge in [0, 0.05) is 29.1 Å². The van der Waals surface area contributed by atoms with E-state index in [9.17, 15) is 4.79 Å². The summed E-state index contributed by atoms with van der Waals surface area (Å²) in [6.45, 7) is 2.47. The molecule has 0 saturated heterocycles. The highest BCUT2D eigenvalue weighted by atomic mass is 35.5. The summed E-state index contributed by atoms with van der Waals surface area (Å²) in [6.07, 6.45) is 0.448. The van der Waals surface area contributed by atoms with E-state index in [4.69, 9.17) is 16.1 Å². The summed E-state index contributed by atoms with van der Waals surface area (Å²) in [5.41, 5.74) is 2.50. The molecule has 5 nitrogen and oxygen atoms in total. The second-order valence-corrected chi connectivity index (χ2v) is 7.66. The molecule has 1 atom stereocenters. The maximum Gasteiger partial charge on any atom is 0.254 e. The number of rotatable bonds is 7. The fraction of sp³-hybridized carbons (Fsp3) is 0.160. The van der Waals surface area contributed by atoms with E-state index in [0.717, 1.165) is 11.1 Å². The molecule has 1 heterocycles. The van der Waals surface area contributed by atoms with Gasteiger partial charge in [-0.25, -0.2) is 0 Å². The molecule has 1 unspecified atom stereocenters. The molecule has 0 N–H and O–H groups in total. The Morgan fingerprint density at radius 1 is 1.00 bits per heavy atom. The van der Waals surface area contributed by atoms with Crippen LogP contribution in [0.4, 0.5) is 0 Å². The van der Waals surface area contributed by atoms with Gasteiger partial charge in [-0.2, -0.15) is 4.98 Å². The van der Waals surface area contributed by atoms with Crippen LogP contribution in [0.5, 0.6) is 0 Å². The second kappa shape index (κ2) is 9.58. The van der Waals surface area contributed by atoms with Crippen LogP contribution in [0.2, 0.25) is 5.02 Å². The summed E-state index contributed by atoms with van der Waals surface area (Å²) in [5, 5.41) is 4.67. The van der Waals surface area contributed by atoms with Crippen LogP contribution in [0.3, 0.4) is 0 Å². The predicted molar refractivity (Wildman–Crippen MR) is 121 cm³/mol. The summed E-state index contributed by atoms with van der Waals surface area (Å²) < 4.78 is 5.44. The number of carbonyl (C=O) groups is 1. The fourth-order valence-electron chi connectivity index (χ4n) is 3.45. The van der Waals surface area contributed by atoms with E-state index in [1.54, 1.807) is 12.1 Å². The Balaban J connectivity index is 1.54. The lowest BCUT2D eigenvalue weighted by Crippen LogP contribution is -2.35. The molecule has 0 aliphatic carbocycles. The number of hydrogen-bond donors (Lipinski definition) is 0. The van der Waals surface area contributed by atoms with Crippen LogP contribution < -0.4 is 0 Å². The number of carbonyl (C=O) groups excluding carboxylic acids is 1. The van der Waals surface area contributed by atoms with Crippen molar-refractivity contribution in [1.29, 1.82) is 0 Å². The molecule has 31 heavy (non-hydrogen) atoms. The van der Waals surface area contributed by atoms with Crippen molar-refractivity contribution in [3.05, 3.63) is 107 Å². The van der Waals surface area contributed by atoms with Gasteiger partial charge in [0.2, 0.25) is 11.7 Å². The van der Waals surface area contributed by atoms with Gasteiger partial charge in [0.25, 0.3) is 5.91 Å². The van der Waals surface area contributed by atoms with Crippen molar-refractivity contribution in [1.82, 2.24) is 15.0 Å². The van der Waals surface area contributed by atoms with Crippen LogP contribution in [-0.2, 0) is 6.42 Å². The first-order valence-corrected chi connectivity index (χ1v) is 10.5. The molecule has 3 aromatic carbocycles. The molecule has 4 aromatic rings. The van der Waals surface area contributed by atoms with Crippen molar-refractivity contribution >= 4 is 17.5 Å². The monoisotopic (exact) mass is 431 g/mol. The summed E-state index contributed by atoms with van der Waals surface area (Å²) in [4.78, 5) is 19.6.